The van der Waals surface area contributed by atoms with Crippen LogP contribution < -0.4 is 5.32 Å². The van der Waals surface area contributed by atoms with E-state index in [9.17, 15) is 9.59 Å². The number of likely N-dealkylation sites (tertiary alicyclic amines) is 1. The molecule has 0 unspecified atom stereocenters. The molecule has 2 aromatic carbocycles. The van der Waals surface area contributed by atoms with E-state index in [0.29, 0.717) is 42.2 Å². The molecule has 8 heteroatoms. The fourth-order valence-electron chi connectivity index (χ4n) is 4.11. The molecule has 0 bridgehead atoms. The Kier molecular flexibility index (Phi) is 6.93. The molecule has 2 heterocycles. The summed E-state index contributed by atoms with van der Waals surface area (Å²) in [4.78, 5) is 27.5. The van der Waals surface area contributed by atoms with Crippen molar-refractivity contribution in [1.29, 1.82) is 0 Å². The van der Waals surface area contributed by atoms with Gasteiger partial charge in [-0.2, -0.15) is 5.10 Å². The predicted molar refractivity (Wildman–Crippen MR) is 133 cm³/mol. The highest BCUT2D eigenvalue weighted by molar-refractivity contribution is 6.33. The van der Waals surface area contributed by atoms with Gasteiger partial charge in [-0.25, -0.2) is 9.48 Å². The first kappa shape index (κ1) is 23.8. The van der Waals surface area contributed by atoms with Crippen molar-refractivity contribution in [3.8, 4) is 5.69 Å². The number of hydrogen-bond donors (Lipinski definition) is 1. The molecule has 1 aromatic heterocycles. The van der Waals surface area contributed by atoms with Crippen molar-refractivity contribution in [2.75, 3.05) is 18.4 Å². The number of carbonyl (C=O) groups excluding carboxylic acids is 2. The van der Waals surface area contributed by atoms with Crippen molar-refractivity contribution in [1.82, 2.24) is 14.7 Å². The van der Waals surface area contributed by atoms with Crippen molar-refractivity contribution < 1.29 is 14.3 Å². The largest absolute Gasteiger partial charge is 0.444 e. The summed E-state index contributed by atoms with van der Waals surface area (Å²) in [6, 6.07) is 16.9. The normalized spacial score (nSPS) is 14.6. The van der Waals surface area contributed by atoms with Crippen molar-refractivity contribution in [2.45, 2.75) is 45.1 Å². The van der Waals surface area contributed by atoms with Crippen LogP contribution in [0.25, 0.3) is 5.69 Å². The number of nitrogens with zero attached hydrogens (tertiary/aromatic N) is 3. The van der Waals surface area contributed by atoms with Crippen molar-refractivity contribution in [3.05, 3.63) is 77.1 Å². The summed E-state index contributed by atoms with van der Waals surface area (Å²) >= 11 is 6.25. The Hall–Kier alpha value is -3.32. The number of piperidine rings is 1. The van der Waals surface area contributed by atoms with E-state index in [0.717, 1.165) is 11.4 Å². The van der Waals surface area contributed by atoms with Gasteiger partial charge in [-0.1, -0.05) is 41.9 Å². The Balaban J connectivity index is 1.60. The van der Waals surface area contributed by atoms with Gasteiger partial charge in [0.15, 0.2) is 0 Å². The van der Waals surface area contributed by atoms with E-state index in [1.807, 2.05) is 67.9 Å². The van der Waals surface area contributed by atoms with Gasteiger partial charge in [-0.05, 0) is 57.9 Å². The molecule has 0 atom stereocenters. The lowest BCUT2D eigenvalue weighted by molar-refractivity contribution is 0.0203. The Morgan fingerprint density at radius 1 is 1.03 bits per heavy atom. The lowest BCUT2D eigenvalue weighted by Crippen LogP contribution is -2.41. The van der Waals surface area contributed by atoms with Crippen LogP contribution in [0.2, 0.25) is 5.02 Å². The summed E-state index contributed by atoms with van der Waals surface area (Å²) in [6.45, 7) is 6.68. The molecular formula is C26H29ClN4O3. The molecule has 7 nitrogen and oxygen atoms in total. The average molecular weight is 481 g/mol. The van der Waals surface area contributed by atoms with E-state index in [1.54, 1.807) is 23.2 Å². The monoisotopic (exact) mass is 480 g/mol. The van der Waals surface area contributed by atoms with Gasteiger partial charge in [-0.3, -0.25) is 4.79 Å². The van der Waals surface area contributed by atoms with E-state index in [2.05, 4.69) is 10.4 Å². The van der Waals surface area contributed by atoms with Crippen molar-refractivity contribution in [3.63, 3.8) is 0 Å². The van der Waals surface area contributed by atoms with Crippen LogP contribution in [0.1, 0.15) is 55.6 Å². The quantitative estimate of drug-likeness (QED) is 0.505. The molecule has 1 saturated heterocycles. The maximum Gasteiger partial charge on any atom is 0.410 e. The first-order valence-electron chi connectivity index (χ1n) is 11.4. The average Bonchev–Trinajstić information content (AvgIpc) is 3.25. The zero-order valence-corrected chi connectivity index (χ0v) is 20.4. The number of halogens is 1. The molecule has 1 aliphatic rings. The molecule has 34 heavy (non-hydrogen) atoms. The zero-order chi connectivity index (χ0) is 24.3. The van der Waals surface area contributed by atoms with E-state index >= 15 is 0 Å². The third-order valence-electron chi connectivity index (χ3n) is 5.71. The van der Waals surface area contributed by atoms with Gasteiger partial charge in [0.05, 0.1) is 33.9 Å². The fraction of sp³-hybridized carbons (Fsp3) is 0.346. The van der Waals surface area contributed by atoms with Crippen LogP contribution in [0, 0.1) is 0 Å². The maximum absolute atomic E-state index is 13.3. The van der Waals surface area contributed by atoms with E-state index in [1.165, 1.54) is 0 Å². The Morgan fingerprint density at radius 3 is 2.32 bits per heavy atom. The summed E-state index contributed by atoms with van der Waals surface area (Å²) in [5.41, 5.74) is 2.22. The van der Waals surface area contributed by atoms with Crippen molar-refractivity contribution in [2.24, 2.45) is 0 Å². The summed E-state index contributed by atoms with van der Waals surface area (Å²) in [6.07, 6.45) is 2.70. The Morgan fingerprint density at radius 2 is 1.68 bits per heavy atom. The molecule has 1 aliphatic heterocycles. The molecule has 1 fully saturated rings. The van der Waals surface area contributed by atoms with Crippen LogP contribution in [-0.2, 0) is 4.74 Å². The molecule has 0 radical (unpaired) electrons. The molecule has 178 valence electrons. The summed E-state index contributed by atoms with van der Waals surface area (Å²) in [7, 11) is 0. The van der Waals surface area contributed by atoms with Crippen LogP contribution in [0.5, 0.6) is 0 Å². The van der Waals surface area contributed by atoms with Crippen LogP contribution in [0.3, 0.4) is 0 Å². The van der Waals surface area contributed by atoms with Crippen LogP contribution in [-0.4, -0.2) is 45.4 Å². The molecule has 1 N–H and O–H groups in total. The fourth-order valence-corrected chi connectivity index (χ4v) is 4.30. The highest BCUT2D eigenvalue weighted by atomic mass is 35.5. The molecule has 0 aliphatic carbocycles. The minimum Gasteiger partial charge on any atom is -0.444 e. The van der Waals surface area contributed by atoms with Gasteiger partial charge in [0.1, 0.15) is 5.60 Å². The van der Waals surface area contributed by atoms with E-state index in [-0.39, 0.29) is 17.9 Å². The topological polar surface area (TPSA) is 76.5 Å². The van der Waals surface area contributed by atoms with Gasteiger partial charge < -0.3 is 15.0 Å². The molecule has 4 rings (SSSR count). The first-order valence-corrected chi connectivity index (χ1v) is 11.8. The van der Waals surface area contributed by atoms with Gasteiger partial charge >= 0.3 is 6.09 Å². The van der Waals surface area contributed by atoms with Crippen molar-refractivity contribution >= 4 is 29.3 Å². The number of hydrogen-bond acceptors (Lipinski definition) is 4. The number of amides is 2. The van der Waals surface area contributed by atoms with Gasteiger partial charge in [0, 0.05) is 19.0 Å². The third-order valence-corrected chi connectivity index (χ3v) is 6.04. The van der Waals surface area contributed by atoms with Gasteiger partial charge in [0.2, 0.25) is 0 Å². The number of rotatable bonds is 4. The smallest absolute Gasteiger partial charge is 0.410 e. The molecule has 2 amide bonds. The van der Waals surface area contributed by atoms with Gasteiger partial charge in [-0.15, -0.1) is 0 Å². The second-order valence-corrected chi connectivity index (χ2v) is 9.77. The summed E-state index contributed by atoms with van der Waals surface area (Å²) in [5, 5.41) is 7.95. The zero-order valence-electron chi connectivity index (χ0n) is 19.6. The minimum absolute atomic E-state index is 0.0494. The first-order chi connectivity index (χ1) is 16.2. The lowest BCUT2D eigenvalue weighted by Gasteiger charge is -2.34. The van der Waals surface area contributed by atoms with Crippen LogP contribution in [0.15, 0.2) is 60.8 Å². The second kappa shape index (κ2) is 9.89. The molecular weight excluding hydrogens is 452 g/mol. The Bertz CT molecular complexity index is 1160. The molecule has 0 spiro atoms. The number of carbonyl (C=O) groups is 2. The highest BCUT2D eigenvalue weighted by Gasteiger charge is 2.32. The number of para-hydroxylation sites is 2. The predicted octanol–water partition coefficient (Wildman–Crippen LogP) is 5.89. The minimum atomic E-state index is -0.538. The standard InChI is InChI=1S/C26H29ClN4O3/c1-26(2,3)34-25(33)30-15-13-18(14-16-30)23-20(17-28-31(23)19-9-5-4-6-10-19)24(32)29-22-12-8-7-11-21(22)27/h4-12,17-18H,13-16H2,1-3H3,(H,29,32). The summed E-state index contributed by atoms with van der Waals surface area (Å²) in [5.74, 6) is -0.215. The molecule has 0 saturated carbocycles. The van der Waals surface area contributed by atoms with E-state index < -0.39 is 5.60 Å². The lowest BCUT2D eigenvalue weighted by atomic mass is 9.90. The SMILES string of the molecule is CC(C)(C)OC(=O)N1CCC(c2c(C(=O)Nc3ccccc3Cl)cnn2-c2ccccc2)CC1. The van der Waals surface area contributed by atoms with Crippen LogP contribution >= 0.6 is 11.6 Å². The van der Waals surface area contributed by atoms with Gasteiger partial charge in [0.25, 0.3) is 5.91 Å². The second-order valence-electron chi connectivity index (χ2n) is 9.37. The Labute approximate surface area is 204 Å². The highest BCUT2D eigenvalue weighted by Crippen LogP contribution is 2.33. The number of anilines is 1. The molecule has 3 aromatic rings. The summed E-state index contributed by atoms with van der Waals surface area (Å²) < 4.78 is 7.36. The maximum atomic E-state index is 13.3. The third kappa shape index (κ3) is 5.42. The number of benzene rings is 2. The van der Waals surface area contributed by atoms with Crippen LogP contribution in [0.4, 0.5) is 10.5 Å². The number of nitrogens with one attached hydrogen (secondary N) is 1. The number of ether oxygens (including phenoxy) is 1. The van der Waals surface area contributed by atoms with E-state index in [4.69, 9.17) is 16.3 Å². The number of aromatic nitrogens is 2.